The average Bonchev–Trinajstić information content (AvgIpc) is 3.27. The lowest BCUT2D eigenvalue weighted by molar-refractivity contribution is 0.102. The Morgan fingerprint density at radius 2 is 1.66 bits per heavy atom. The number of aliphatic hydroxyl groups excluding tert-OH is 1. The molecule has 1 aromatic heterocycles. The highest BCUT2D eigenvalue weighted by Gasteiger charge is 2.20. The number of amides is 1. The minimum absolute atomic E-state index is 0.241. The molecule has 5 nitrogen and oxygen atoms in total. The van der Waals surface area contributed by atoms with E-state index in [0.29, 0.717) is 45.8 Å². The molecule has 0 saturated heterocycles. The number of aromatic amines is 1. The minimum Gasteiger partial charge on any atom is -0.489 e. The van der Waals surface area contributed by atoms with Crippen molar-refractivity contribution in [2.75, 3.05) is 5.32 Å². The van der Waals surface area contributed by atoms with E-state index in [2.05, 4.69) is 10.3 Å². The van der Waals surface area contributed by atoms with Gasteiger partial charge < -0.3 is 20.1 Å². The number of fused-ring (bicyclic) bond motifs is 1. The average molecular weight is 467 g/mol. The summed E-state index contributed by atoms with van der Waals surface area (Å²) in [6, 6.07) is 28.7. The summed E-state index contributed by atoms with van der Waals surface area (Å²) in [5, 5.41) is 13.4. The van der Waals surface area contributed by atoms with Crippen LogP contribution in [0.25, 0.3) is 22.0 Å². The Morgan fingerprint density at radius 1 is 0.914 bits per heavy atom. The maximum Gasteiger partial charge on any atom is 0.272 e. The summed E-state index contributed by atoms with van der Waals surface area (Å²) < 4.78 is 19.9. The zero-order chi connectivity index (χ0) is 24.2. The molecular formula is C29H23FN2O3. The van der Waals surface area contributed by atoms with Gasteiger partial charge in [-0.05, 0) is 47.5 Å². The highest BCUT2D eigenvalue weighted by Crippen LogP contribution is 2.34. The third kappa shape index (κ3) is 4.78. The van der Waals surface area contributed by atoms with E-state index >= 15 is 0 Å². The van der Waals surface area contributed by atoms with Gasteiger partial charge in [-0.2, -0.15) is 0 Å². The number of benzene rings is 4. The maximum atomic E-state index is 14.0. The van der Waals surface area contributed by atoms with Gasteiger partial charge in [0.2, 0.25) is 0 Å². The van der Waals surface area contributed by atoms with Gasteiger partial charge in [0.25, 0.3) is 5.91 Å². The molecule has 174 valence electrons. The fourth-order valence-electron chi connectivity index (χ4n) is 4.09. The molecule has 0 fully saturated rings. The number of carbonyl (C=O) groups is 1. The molecule has 0 unspecified atom stereocenters. The zero-order valence-corrected chi connectivity index (χ0v) is 18.8. The van der Waals surface area contributed by atoms with Gasteiger partial charge in [0.05, 0.1) is 6.61 Å². The van der Waals surface area contributed by atoms with E-state index in [9.17, 15) is 14.3 Å². The lowest BCUT2D eigenvalue weighted by Gasteiger charge is -2.13. The summed E-state index contributed by atoms with van der Waals surface area (Å²) in [6.45, 7) is 0.125. The summed E-state index contributed by atoms with van der Waals surface area (Å²) in [7, 11) is 0. The predicted molar refractivity (Wildman–Crippen MR) is 135 cm³/mol. The summed E-state index contributed by atoms with van der Waals surface area (Å²) in [6.07, 6.45) is 0. The van der Waals surface area contributed by atoms with E-state index in [1.807, 2.05) is 60.7 Å². The van der Waals surface area contributed by atoms with Crippen LogP contribution in [0.2, 0.25) is 0 Å². The van der Waals surface area contributed by atoms with E-state index in [1.54, 1.807) is 24.3 Å². The van der Waals surface area contributed by atoms with Crippen molar-refractivity contribution in [1.82, 2.24) is 4.98 Å². The van der Waals surface area contributed by atoms with Crippen molar-refractivity contribution in [2.24, 2.45) is 0 Å². The topological polar surface area (TPSA) is 74.3 Å². The first-order chi connectivity index (χ1) is 17.1. The van der Waals surface area contributed by atoms with Gasteiger partial charge >= 0.3 is 0 Å². The number of anilines is 1. The highest BCUT2D eigenvalue weighted by molar-refractivity contribution is 6.14. The fourth-order valence-corrected chi connectivity index (χ4v) is 4.09. The van der Waals surface area contributed by atoms with Crippen LogP contribution in [0.1, 0.15) is 21.6 Å². The lowest BCUT2D eigenvalue weighted by atomic mass is 10.0. The first kappa shape index (κ1) is 22.4. The normalized spacial score (nSPS) is 10.9. The number of rotatable bonds is 7. The highest BCUT2D eigenvalue weighted by atomic mass is 19.1. The molecule has 0 bridgehead atoms. The second kappa shape index (κ2) is 9.83. The van der Waals surface area contributed by atoms with Crippen molar-refractivity contribution in [3.05, 3.63) is 120 Å². The molecule has 6 heteroatoms. The summed E-state index contributed by atoms with van der Waals surface area (Å²) in [4.78, 5) is 16.5. The molecule has 1 heterocycles. The Balaban J connectivity index is 1.43. The van der Waals surface area contributed by atoms with Crippen molar-refractivity contribution >= 4 is 22.5 Å². The van der Waals surface area contributed by atoms with Crippen LogP contribution in [0.5, 0.6) is 5.75 Å². The first-order valence-corrected chi connectivity index (χ1v) is 11.2. The first-order valence-electron chi connectivity index (χ1n) is 11.2. The maximum absolute atomic E-state index is 14.0. The van der Waals surface area contributed by atoms with Crippen molar-refractivity contribution in [1.29, 1.82) is 0 Å². The van der Waals surface area contributed by atoms with Gasteiger partial charge in [0.15, 0.2) is 0 Å². The molecule has 0 saturated carbocycles. The van der Waals surface area contributed by atoms with Crippen LogP contribution in [0.4, 0.5) is 10.1 Å². The number of nitrogens with one attached hydrogen (secondary N) is 2. The van der Waals surface area contributed by atoms with Crippen LogP contribution in [0.15, 0.2) is 97.1 Å². The standard InChI is InChI=1S/C29H23FN2O3/c30-22-11-13-25-24(16-22)27(20-9-5-2-6-10-20)28(32-25)29(34)31-23-12-14-26(21(15-23)17-33)35-18-19-7-3-1-4-8-19/h1-16,32-33H,17-18H2,(H,31,34). The van der Waals surface area contributed by atoms with Crippen molar-refractivity contribution in [3.8, 4) is 16.9 Å². The fraction of sp³-hybridized carbons (Fsp3) is 0.0690. The predicted octanol–water partition coefficient (Wildman–Crippen LogP) is 6.30. The SMILES string of the molecule is O=C(Nc1ccc(OCc2ccccc2)c(CO)c1)c1[nH]c2ccc(F)cc2c1-c1ccccc1. The van der Waals surface area contributed by atoms with Crippen LogP contribution in [-0.2, 0) is 13.2 Å². The summed E-state index contributed by atoms with van der Waals surface area (Å²) in [5.41, 5.74) is 4.49. The molecule has 1 amide bonds. The number of aliphatic hydroxyl groups is 1. The monoisotopic (exact) mass is 466 g/mol. The van der Waals surface area contributed by atoms with Crippen molar-refractivity contribution in [2.45, 2.75) is 13.2 Å². The molecule has 5 rings (SSSR count). The Morgan fingerprint density at radius 3 is 2.40 bits per heavy atom. The number of H-pyrrole nitrogens is 1. The number of ether oxygens (including phenoxy) is 1. The molecule has 3 N–H and O–H groups in total. The lowest BCUT2D eigenvalue weighted by Crippen LogP contribution is -2.14. The number of halogens is 1. The number of hydrogen-bond acceptors (Lipinski definition) is 3. The van der Waals surface area contributed by atoms with Gasteiger partial charge in [-0.15, -0.1) is 0 Å². The Hall–Kier alpha value is -4.42. The van der Waals surface area contributed by atoms with Crippen LogP contribution in [0.3, 0.4) is 0 Å². The Kier molecular flexibility index (Phi) is 6.28. The molecule has 4 aromatic carbocycles. The van der Waals surface area contributed by atoms with E-state index < -0.39 is 0 Å². The van der Waals surface area contributed by atoms with Gasteiger partial charge in [-0.25, -0.2) is 4.39 Å². The molecule has 0 aliphatic rings. The van der Waals surface area contributed by atoms with E-state index in [4.69, 9.17) is 4.74 Å². The number of aromatic nitrogens is 1. The second-order valence-electron chi connectivity index (χ2n) is 8.14. The number of carbonyl (C=O) groups excluding carboxylic acids is 1. The van der Waals surface area contributed by atoms with E-state index in [0.717, 1.165) is 11.1 Å². The van der Waals surface area contributed by atoms with Crippen LogP contribution in [0, 0.1) is 5.82 Å². The van der Waals surface area contributed by atoms with Crippen molar-refractivity contribution in [3.63, 3.8) is 0 Å². The quantitative estimate of drug-likeness (QED) is 0.264. The Bertz CT molecular complexity index is 1480. The smallest absolute Gasteiger partial charge is 0.272 e. The van der Waals surface area contributed by atoms with E-state index in [-0.39, 0.29) is 18.3 Å². The Labute approximate surface area is 201 Å². The second-order valence-corrected chi connectivity index (χ2v) is 8.14. The van der Waals surface area contributed by atoms with E-state index in [1.165, 1.54) is 12.1 Å². The third-order valence-corrected chi connectivity index (χ3v) is 5.78. The van der Waals surface area contributed by atoms with Gasteiger partial charge in [0, 0.05) is 27.7 Å². The molecule has 0 atom stereocenters. The molecule has 0 spiro atoms. The zero-order valence-electron chi connectivity index (χ0n) is 18.8. The molecule has 0 aliphatic carbocycles. The van der Waals surface area contributed by atoms with Gasteiger partial charge in [-0.3, -0.25) is 4.79 Å². The van der Waals surface area contributed by atoms with Crippen LogP contribution >= 0.6 is 0 Å². The van der Waals surface area contributed by atoms with Crippen LogP contribution < -0.4 is 10.1 Å². The summed E-state index contributed by atoms with van der Waals surface area (Å²) in [5.74, 6) is -0.206. The summed E-state index contributed by atoms with van der Waals surface area (Å²) >= 11 is 0. The van der Waals surface area contributed by atoms with Crippen LogP contribution in [-0.4, -0.2) is 16.0 Å². The van der Waals surface area contributed by atoms with Crippen molar-refractivity contribution < 1.29 is 19.0 Å². The van der Waals surface area contributed by atoms with Gasteiger partial charge in [0.1, 0.15) is 23.9 Å². The molecule has 5 aromatic rings. The molecule has 0 radical (unpaired) electrons. The molecular weight excluding hydrogens is 443 g/mol. The van der Waals surface area contributed by atoms with Gasteiger partial charge in [-0.1, -0.05) is 60.7 Å². The number of hydrogen-bond donors (Lipinski definition) is 3. The molecule has 35 heavy (non-hydrogen) atoms. The minimum atomic E-state index is -0.376. The largest absolute Gasteiger partial charge is 0.489 e. The third-order valence-electron chi connectivity index (χ3n) is 5.78. The molecule has 0 aliphatic heterocycles.